The van der Waals surface area contributed by atoms with Crippen LogP contribution in [0.5, 0.6) is 11.5 Å². The van der Waals surface area contributed by atoms with E-state index in [4.69, 9.17) is 9.47 Å². The van der Waals surface area contributed by atoms with Crippen LogP contribution in [0.4, 0.5) is 0 Å². The first-order valence-electron chi connectivity index (χ1n) is 12.9. The Hall–Kier alpha value is -3.02. The molecule has 2 aromatic rings. The Morgan fingerprint density at radius 2 is 1.71 bits per heavy atom. The van der Waals surface area contributed by atoms with Crippen LogP contribution in [0.2, 0.25) is 0 Å². The van der Waals surface area contributed by atoms with Crippen LogP contribution in [0.25, 0.3) is 0 Å². The van der Waals surface area contributed by atoms with Crippen molar-refractivity contribution >= 4 is 11.8 Å². The zero-order valence-electron chi connectivity index (χ0n) is 21.6. The summed E-state index contributed by atoms with van der Waals surface area (Å²) in [5.74, 6) is 1.30. The number of carbonyl (C=O) groups excluding carboxylic acids is 2. The SMILES string of the molecule is CCOc1ccc(CCC(=O)N(Cc2cccc(C)c2)[C@H](C)C(=O)NC2CCCC2)cc1OCC. The van der Waals surface area contributed by atoms with Gasteiger partial charge in [0, 0.05) is 19.0 Å². The monoisotopic (exact) mass is 480 g/mol. The number of carbonyl (C=O) groups is 2. The maximum absolute atomic E-state index is 13.5. The summed E-state index contributed by atoms with van der Waals surface area (Å²) in [5.41, 5.74) is 3.16. The molecule has 190 valence electrons. The molecule has 1 fully saturated rings. The second kappa shape index (κ2) is 13.2. The van der Waals surface area contributed by atoms with Crippen molar-refractivity contribution in [3.63, 3.8) is 0 Å². The molecule has 1 N–H and O–H groups in total. The lowest BCUT2D eigenvalue weighted by Crippen LogP contribution is -2.49. The van der Waals surface area contributed by atoms with Crippen LogP contribution in [0.3, 0.4) is 0 Å². The van der Waals surface area contributed by atoms with Gasteiger partial charge in [-0.15, -0.1) is 0 Å². The molecule has 0 aliphatic heterocycles. The van der Waals surface area contributed by atoms with Gasteiger partial charge in [-0.2, -0.15) is 0 Å². The third-order valence-electron chi connectivity index (χ3n) is 6.54. The van der Waals surface area contributed by atoms with E-state index < -0.39 is 6.04 Å². The molecule has 0 unspecified atom stereocenters. The zero-order chi connectivity index (χ0) is 25.2. The highest BCUT2D eigenvalue weighted by Crippen LogP contribution is 2.29. The number of amides is 2. The van der Waals surface area contributed by atoms with Crippen molar-refractivity contribution in [2.45, 2.75) is 84.8 Å². The Morgan fingerprint density at radius 1 is 1.00 bits per heavy atom. The average molecular weight is 481 g/mol. The molecule has 2 aromatic carbocycles. The standard InChI is InChI=1S/C29H40N2O4/c1-5-34-26-16-14-23(19-27(26)35-6-2)15-17-28(32)31(20-24-11-9-10-21(3)18-24)22(4)29(33)30-25-12-7-8-13-25/h9-11,14,16,18-19,22,25H,5-8,12-13,15,17,20H2,1-4H3,(H,30,33)/t22-/m1/s1. The van der Waals surface area contributed by atoms with Gasteiger partial charge in [0.1, 0.15) is 6.04 Å². The fourth-order valence-corrected chi connectivity index (χ4v) is 4.63. The van der Waals surface area contributed by atoms with Crippen molar-refractivity contribution in [2.24, 2.45) is 0 Å². The lowest BCUT2D eigenvalue weighted by atomic mass is 10.1. The van der Waals surface area contributed by atoms with Crippen LogP contribution < -0.4 is 14.8 Å². The number of aryl methyl sites for hydroxylation is 2. The lowest BCUT2D eigenvalue weighted by molar-refractivity contribution is -0.140. The van der Waals surface area contributed by atoms with Crippen LogP contribution in [-0.2, 0) is 22.6 Å². The number of hydrogen-bond donors (Lipinski definition) is 1. The van der Waals surface area contributed by atoms with Crippen molar-refractivity contribution in [3.8, 4) is 11.5 Å². The van der Waals surface area contributed by atoms with Gasteiger partial charge < -0.3 is 19.7 Å². The second-order valence-corrected chi connectivity index (χ2v) is 9.32. The highest BCUT2D eigenvalue weighted by molar-refractivity contribution is 5.87. The van der Waals surface area contributed by atoms with Crippen molar-refractivity contribution < 1.29 is 19.1 Å². The first kappa shape index (κ1) is 26.6. The van der Waals surface area contributed by atoms with E-state index in [0.717, 1.165) is 42.4 Å². The number of rotatable bonds is 12. The molecule has 6 heteroatoms. The molecule has 6 nitrogen and oxygen atoms in total. The summed E-state index contributed by atoms with van der Waals surface area (Å²) in [7, 11) is 0. The lowest BCUT2D eigenvalue weighted by Gasteiger charge is -2.30. The molecular formula is C29H40N2O4. The molecule has 1 saturated carbocycles. The van der Waals surface area contributed by atoms with E-state index >= 15 is 0 Å². The van der Waals surface area contributed by atoms with E-state index in [2.05, 4.69) is 11.4 Å². The Morgan fingerprint density at radius 3 is 2.40 bits per heavy atom. The van der Waals surface area contributed by atoms with E-state index in [1.165, 1.54) is 0 Å². The van der Waals surface area contributed by atoms with Crippen molar-refractivity contribution in [1.29, 1.82) is 0 Å². The number of benzene rings is 2. The predicted molar refractivity (Wildman–Crippen MR) is 139 cm³/mol. The molecule has 0 heterocycles. The largest absolute Gasteiger partial charge is 0.490 e. The molecular weight excluding hydrogens is 440 g/mol. The Labute approximate surface area is 210 Å². The molecule has 0 bridgehead atoms. The van der Waals surface area contributed by atoms with E-state index in [0.29, 0.717) is 44.1 Å². The minimum absolute atomic E-state index is 0.0348. The predicted octanol–water partition coefficient (Wildman–Crippen LogP) is 5.20. The molecule has 3 rings (SSSR count). The average Bonchev–Trinajstić information content (AvgIpc) is 3.35. The van der Waals surface area contributed by atoms with Crippen LogP contribution in [0.15, 0.2) is 42.5 Å². The van der Waals surface area contributed by atoms with E-state index in [-0.39, 0.29) is 17.9 Å². The molecule has 2 amide bonds. The third-order valence-corrected chi connectivity index (χ3v) is 6.54. The van der Waals surface area contributed by atoms with Gasteiger partial charge in [-0.3, -0.25) is 9.59 Å². The van der Waals surface area contributed by atoms with Crippen LogP contribution in [0.1, 0.15) is 69.6 Å². The van der Waals surface area contributed by atoms with Gasteiger partial charge in [-0.25, -0.2) is 0 Å². The summed E-state index contributed by atoms with van der Waals surface area (Å²) in [5, 5.41) is 3.16. The van der Waals surface area contributed by atoms with Crippen molar-refractivity contribution in [1.82, 2.24) is 10.2 Å². The van der Waals surface area contributed by atoms with Gasteiger partial charge in [-0.05, 0) is 70.2 Å². The summed E-state index contributed by atoms with van der Waals surface area (Å²) in [6, 6.07) is 13.6. The van der Waals surface area contributed by atoms with Crippen LogP contribution in [0, 0.1) is 6.92 Å². The Kier molecular flexibility index (Phi) is 10.0. The maximum Gasteiger partial charge on any atom is 0.242 e. The van der Waals surface area contributed by atoms with E-state index in [1.54, 1.807) is 4.90 Å². The van der Waals surface area contributed by atoms with E-state index in [1.807, 2.05) is 64.1 Å². The topological polar surface area (TPSA) is 67.9 Å². The van der Waals surface area contributed by atoms with Gasteiger partial charge in [0.05, 0.1) is 13.2 Å². The van der Waals surface area contributed by atoms with Gasteiger partial charge in [0.2, 0.25) is 11.8 Å². The molecule has 1 atom stereocenters. The van der Waals surface area contributed by atoms with Crippen LogP contribution in [-0.4, -0.2) is 42.0 Å². The summed E-state index contributed by atoms with van der Waals surface area (Å²) in [6.45, 7) is 9.26. The normalized spacial score (nSPS) is 14.4. The van der Waals surface area contributed by atoms with Gasteiger partial charge in [0.15, 0.2) is 11.5 Å². The number of nitrogens with zero attached hydrogens (tertiary/aromatic N) is 1. The van der Waals surface area contributed by atoms with Gasteiger partial charge >= 0.3 is 0 Å². The molecule has 1 aliphatic carbocycles. The summed E-state index contributed by atoms with van der Waals surface area (Å²) in [4.78, 5) is 28.2. The summed E-state index contributed by atoms with van der Waals surface area (Å²) < 4.78 is 11.4. The van der Waals surface area contributed by atoms with E-state index in [9.17, 15) is 9.59 Å². The molecule has 0 saturated heterocycles. The highest BCUT2D eigenvalue weighted by Gasteiger charge is 2.28. The zero-order valence-corrected chi connectivity index (χ0v) is 21.6. The third kappa shape index (κ3) is 7.74. The summed E-state index contributed by atoms with van der Waals surface area (Å²) in [6.07, 6.45) is 5.21. The fraction of sp³-hybridized carbons (Fsp3) is 0.517. The number of ether oxygens (including phenoxy) is 2. The molecule has 0 radical (unpaired) electrons. The minimum Gasteiger partial charge on any atom is -0.490 e. The number of hydrogen-bond acceptors (Lipinski definition) is 4. The maximum atomic E-state index is 13.5. The Bertz CT molecular complexity index is 984. The minimum atomic E-state index is -0.539. The highest BCUT2D eigenvalue weighted by atomic mass is 16.5. The molecule has 35 heavy (non-hydrogen) atoms. The summed E-state index contributed by atoms with van der Waals surface area (Å²) >= 11 is 0. The smallest absolute Gasteiger partial charge is 0.242 e. The molecule has 0 aromatic heterocycles. The van der Waals surface area contributed by atoms with Gasteiger partial charge in [-0.1, -0.05) is 48.7 Å². The quantitative estimate of drug-likeness (QED) is 0.453. The Balaban J connectivity index is 1.72. The fourth-order valence-electron chi connectivity index (χ4n) is 4.63. The first-order valence-corrected chi connectivity index (χ1v) is 12.9. The molecule has 0 spiro atoms. The van der Waals surface area contributed by atoms with Crippen molar-refractivity contribution in [2.75, 3.05) is 13.2 Å². The second-order valence-electron chi connectivity index (χ2n) is 9.32. The van der Waals surface area contributed by atoms with Gasteiger partial charge in [0.25, 0.3) is 0 Å². The van der Waals surface area contributed by atoms with Crippen LogP contribution >= 0.6 is 0 Å². The molecule has 1 aliphatic rings. The first-order chi connectivity index (χ1) is 16.9. The van der Waals surface area contributed by atoms with Crippen molar-refractivity contribution in [3.05, 3.63) is 59.2 Å². The number of nitrogens with one attached hydrogen (secondary N) is 1.